The van der Waals surface area contributed by atoms with Gasteiger partial charge in [0, 0.05) is 45.8 Å². The van der Waals surface area contributed by atoms with Gasteiger partial charge < -0.3 is 14.4 Å². The minimum Gasteiger partial charge on any atom is -0.384 e. The Balaban J connectivity index is 2.21. The van der Waals surface area contributed by atoms with Crippen LogP contribution < -0.4 is 0 Å². The van der Waals surface area contributed by atoms with Crippen LogP contribution in [0.4, 0.5) is 0 Å². The van der Waals surface area contributed by atoms with E-state index in [4.69, 9.17) is 9.47 Å². The highest BCUT2D eigenvalue weighted by molar-refractivity contribution is 5.77. The van der Waals surface area contributed by atoms with Crippen LogP contribution in [0.1, 0.15) is 17.2 Å². The van der Waals surface area contributed by atoms with Crippen LogP contribution in [-0.4, -0.2) is 54.6 Å². The molecule has 1 aliphatic rings. The molecule has 1 atom stereocenters. The van der Waals surface area contributed by atoms with Crippen molar-refractivity contribution in [3.05, 3.63) is 17.5 Å². The molecule has 0 aliphatic carbocycles. The topological polar surface area (TPSA) is 56.6 Å². The molecule has 0 saturated heterocycles. The molecule has 6 nitrogen and oxygen atoms in total. The minimum atomic E-state index is 0.00751. The number of hydrogen-bond donors (Lipinski definition) is 0. The third-order valence-corrected chi connectivity index (χ3v) is 3.24. The molecular weight excluding hydrogens is 234 g/mol. The second-order valence-corrected chi connectivity index (χ2v) is 4.54. The predicted molar refractivity (Wildman–Crippen MR) is 65.1 cm³/mol. The number of nitrogens with zero attached hydrogens (tertiary/aromatic N) is 3. The second-order valence-electron chi connectivity index (χ2n) is 4.54. The standard InChI is InChI=1S/C12H19N3O3/c1-14-12-9(4-13-14)5-15(11(16)8-18-3)6-10(12)7-17-2/h4,10H,5-8H2,1-3H3. The maximum absolute atomic E-state index is 11.9. The molecule has 1 amide bonds. The van der Waals surface area contributed by atoms with Gasteiger partial charge in [-0.2, -0.15) is 5.10 Å². The van der Waals surface area contributed by atoms with E-state index in [2.05, 4.69) is 5.10 Å². The lowest BCUT2D eigenvalue weighted by molar-refractivity contribution is -0.136. The average Bonchev–Trinajstić information content (AvgIpc) is 2.72. The van der Waals surface area contributed by atoms with Crippen LogP contribution in [0.25, 0.3) is 0 Å². The molecule has 18 heavy (non-hydrogen) atoms. The molecule has 1 aliphatic heterocycles. The van der Waals surface area contributed by atoms with Crippen molar-refractivity contribution in [3.8, 4) is 0 Å². The number of aromatic nitrogens is 2. The number of carbonyl (C=O) groups is 1. The van der Waals surface area contributed by atoms with Crippen molar-refractivity contribution in [2.24, 2.45) is 7.05 Å². The summed E-state index contributed by atoms with van der Waals surface area (Å²) in [5.74, 6) is 0.181. The first-order valence-electron chi connectivity index (χ1n) is 5.93. The van der Waals surface area contributed by atoms with Crippen molar-refractivity contribution >= 4 is 5.91 Å². The molecule has 2 rings (SSSR count). The third-order valence-electron chi connectivity index (χ3n) is 3.24. The first-order valence-corrected chi connectivity index (χ1v) is 5.93. The number of aryl methyl sites for hydroxylation is 1. The van der Waals surface area contributed by atoms with Crippen molar-refractivity contribution < 1.29 is 14.3 Å². The quantitative estimate of drug-likeness (QED) is 0.766. The summed E-state index contributed by atoms with van der Waals surface area (Å²) in [6, 6.07) is 0. The van der Waals surface area contributed by atoms with Crippen LogP contribution in [0.15, 0.2) is 6.20 Å². The Morgan fingerprint density at radius 1 is 1.50 bits per heavy atom. The summed E-state index contributed by atoms with van der Waals surface area (Å²) in [6.07, 6.45) is 1.82. The van der Waals surface area contributed by atoms with Gasteiger partial charge in [0.05, 0.1) is 18.5 Å². The minimum absolute atomic E-state index is 0.00751. The van der Waals surface area contributed by atoms with Gasteiger partial charge in [-0.1, -0.05) is 0 Å². The van der Waals surface area contributed by atoms with Gasteiger partial charge in [-0.05, 0) is 0 Å². The largest absolute Gasteiger partial charge is 0.384 e. The molecule has 6 heteroatoms. The molecule has 0 saturated carbocycles. The first kappa shape index (κ1) is 13.0. The van der Waals surface area contributed by atoms with E-state index in [0.29, 0.717) is 19.7 Å². The molecule has 1 unspecified atom stereocenters. The van der Waals surface area contributed by atoms with E-state index in [0.717, 1.165) is 5.56 Å². The van der Waals surface area contributed by atoms with Gasteiger partial charge in [-0.15, -0.1) is 0 Å². The summed E-state index contributed by atoms with van der Waals surface area (Å²) in [7, 11) is 5.13. The van der Waals surface area contributed by atoms with Crippen molar-refractivity contribution in [1.29, 1.82) is 0 Å². The molecule has 1 aromatic heterocycles. The molecule has 0 radical (unpaired) electrons. The summed E-state index contributed by atoms with van der Waals surface area (Å²) in [5.41, 5.74) is 2.26. The summed E-state index contributed by atoms with van der Waals surface area (Å²) in [5, 5.41) is 4.26. The van der Waals surface area contributed by atoms with Crippen molar-refractivity contribution in [2.75, 3.05) is 34.0 Å². The number of hydrogen-bond acceptors (Lipinski definition) is 4. The summed E-state index contributed by atoms with van der Waals surface area (Å²) in [4.78, 5) is 13.7. The van der Waals surface area contributed by atoms with Crippen molar-refractivity contribution in [3.63, 3.8) is 0 Å². The Morgan fingerprint density at radius 3 is 2.94 bits per heavy atom. The number of ether oxygens (including phenoxy) is 2. The van der Waals surface area contributed by atoms with E-state index < -0.39 is 0 Å². The Bertz CT molecular complexity index is 430. The van der Waals surface area contributed by atoms with Gasteiger partial charge in [0.2, 0.25) is 5.91 Å². The lowest BCUT2D eigenvalue weighted by atomic mass is 9.97. The molecule has 0 fully saturated rings. The Hall–Kier alpha value is -1.40. The number of carbonyl (C=O) groups excluding carboxylic acids is 1. The van der Waals surface area contributed by atoms with Gasteiger partial charge in [-0.25, -0.2) is 0 Å². The lowest BCUT2D eigenvalue weighted by Crippen LogP contribution is -2.41. The first-order chi connectivity index (χ1) is 8.67. The second kappa shape index (κ2) is 5.49. The summed E-state index contributed by atoms with van der Waals surface area (Å²) < 4.78 is 12.0. The van der Waals surface area contributed by atoms with Gasteiger partial charge in [0.1, 0.15) is 6.61 Å². The van der Waals surface area contributed by atoms with E-state index in [9.17, 15) is 4.79 Å². The zero-order valence-electron chi connectivity index (χ0n) is 11.0. The molecular formula is C12H19N3O3. The summed E-state index contributed by atoms with van der Waals surface area (Å²) in [6.45, 7) is 1.97. The third kappa shape index (κ3) is 2.39. The normalized spacial score (nSPS) is 18.8. The molecule has 0 aromatic carbocycles. The van der Waals surface area contributed by atoms with Crippen LogP contribution in [0.2, 0.25) is 0 Å². The van der Waals surface area contributed by atoms with Crippen LogP contribution in [-0.2, 0) is 27.9 Å². The Kier molecular flexibility index (Phi) is 3.98. The van der Waals surface area contributed by atoms with Gasteiger partial charge in [0.15, 0.2) is 0 Å². The number of methoxy groups -OCH3 is 2. The zero-order chi connectivity index (χ0) is 13.1. The molecule has 100 valence electrons. The highest BCUT2D eigenvalue weighted by Gasteiger charge is 2.30. The van der Waals surface area contributed by atoms with Gasteiger partial charge in [-0.3, -0.25) is 9.48 Å². The number of rotatable bonds is 4. The fraction of sp³-hybridized carbons (Fsp3) is 0.667. The van der Waals surface area contributed by atoms with E-state index in [1.165, 1.54) is 12.8 Å². The van der Waals surface area contributed by atoms with Gasteiger partial charge >= 0.3 is 0 Å². The number of fused-ring (bicyclic) bond motifs is 1. The maximum atomic E-state index is 11.9. The monoisotopic (exact) mass is 253 g/mol. The van der Waals surface area contributed by atoms with Crippen LogP contribution in [0, 0.1) is 0 Å². The lowest BCUT2D eigenvalue weighted by Gasteiger charge is -2.32. The average molecular weight is 253 g/mol. The van der Waals surface area contributed by atoms with E-state index >= 15 is 0 Å². The molecule has 2 heterocycles. The highest BCUT2D eigenvalue weighted by Crippen LogP contribution is 2.28. The predicted octanol–water partition coefficient (Wildman–Crippen LogP) is 0.139. The molecule has 0 spiro atoms. The summed E-state index contributed by atoms with van der Waals surface area (Å²) >= 11 is 0. The smallest absolute Gasteiger partial charge is 0.248 e. The van der Waals surface area contributed by atoms with Crippen molar-refractivity contribution in [1.82, 2.24) is 14.7 Å². The Morgan fingerprint density at radius 2 is 2.28 bits per heavy atom. The van der Waals surface area contributed by atoms with Crippen molar-refractivity contribution in [2.45, 2.75) is 12.5 Å². The van der Waals surface area contributed by atoms with E-state index in [1.54, 1.807) is 12.0 Å². The molecule has 0 bridgehead atoms. The van der Waals surface area contributed by atoms with Gasteiger partial charge in [0.25, 0.3) is 0 Å². The fourth-order valence-corrected chi connectivity index (χ4v) is 2.50. The highest BCUT2D eigenvalue weighted by atomic mass is 16.5. The molecule has 1 aromatic rings. The Labute approximate surface area is 106 Å². The van der Waals surface area contributed by atoms with Crippen LogP contribution in [0.3, 0.4) is 0 Å². The van der Waals surface area contributed by atoms with E-state index in [1.807, 2.05) is 17.9 Å². The zero-order valence-corrected chi connectivity index (χ0v) is 11.0. The fourth-order valence-electron chi connectivity index (χ4n) is 2.50. The van der Waals surface area contributed by atoms with Crippen LogP contribution >= 0.6 is 0 Å². The van der Waals surface area contributed by atoms with E-state index in [-0.39, 0.29) is 18.4 Å². The van der Waals surface area contributed by atoms with Crippen LogP contribution in [0.5, 0.6) is 0 Å². The molecule has 0 N–H and O–H groups in total. The SMILES string of the molecule is COCC(=O)N1Cc2cnn(C)c2C(COC)C1. The maximum Gasteiger partial charge on any atom is 0.248 e. The number of amides is 1.